The third-order valence-electron chi connectivity index (χ3n) is 1.99. The van der Waals surface area contributed by atoms with E-state index in [1.807, 2.05) is 0 Å². The fourth-order valence-electron chi connectivity index (χ4n) is 1.36. The van der Waals surface area contributed by atoms with E-state index in [-0.39, 0.29) is 0 Å². The molecule has 0 aromatic heterocycles. The lowest BCUT2D eigenvalue weighted by molar-refractivity contribution is 0.402. The van der Waals surface area contributed by atoms with Crippen molar-refractivity contribution in [2.75, 3.05) is 14.1 Å². The van der Waals surface area contributed by atoms with Crippen LogP contribution in [0.2, 0.25) is 0 Å². The topological polar surface area (TPSA) is 3.24 Å². The third kappa shape index (κ3) is 3.37. The number of rotatable bonds is 3. The first-order chi connectivity index (χ1) is 6.50. The lowest BCUT2D eigenvalue weighted by Crippen LogP contribution is -2.10. The molecule has 14 heavy (non-hydrogen) atoms. The quantitative estimate of drug-likeness (QED) is 0.762. The molecule has 0 aliphatic rings. The molecule has 0 heterocycles. The molecule has 1 aromatic rings. The average Bonchev–Trinajstić information content (AvgIpc) is 2.07. The Balaban J connectivity index is 2.94. The largest absolute Gasteiger partial charge is 0.305 e. The molecule has 0 radical (unpaired) electrons. The van der Waals surface area contributed by atoms with Crippen molar-refractivity contribution in [3.05, 3.63) is 33.8 Å². The Hall–Kier alpha value is 0.140. The summed E-state index contributed by atoms with van der Waals surface area (Å²) in [7, 11) is 4.17. The normalized spacial score (nSPS) is 13.3. The highest BCUT2D eigenvalue weighted by atomic mass is 79.9. The van der Waals surface area contributed by atoms with Crippen molar-refractivity contribution in [2.45, 2.75) is 18.3 Å². The van der Waals surface area contributed by atoms with Gasteiger partial charge in [-0.15, -0.1) is 0 Å². The molecule has 3 heteroatoms. The Bertz CT molecular complexity index is 308. The van der Waals surface area contributed by atoms with Crippen LogP contribution >= 0.6 is 31.9 Å². The average molecular weight is 321 g/mol. The number of hydrogen-bond donors (Lipinski definition) is 0. The van der Waals surface area contributed by atoms with Gasteiger partial charge in [0, 0.05) is 15.8 Å². The molecule has 0 fully saturated rings. The minimum atomic E-state index is 0.388. The van der Waals surface area contributed by atoms with Crippen molar-refractivity contribution in [3.63, 3.8) is 0 Å². The standard InChI is InChI=1S/C11H15Br2N/c1-8(12)10-6-9(7-14(2)3)4-5-11(10)13/h4-6,8H,7H2,1-3H3. The van der Waals surface area contributed by atoms with E-state index in [0.717, 1.165) is 6.54 Å². The molecule has 0 aliphatic heterocycles. The van der Waals surface area contributed by atoms with E-state index in [1.54, 1.807) is 0 Å². The van der Waals surface area contributed by atoms with Gasteiger partial charge in [-0.2, -0.15) is 0 Å². The highest BCUT2D eigenvalue weighted by molar-refractivity contribution is 9.11. The van der Waals surface area contributed by atoms with Crippen molar-refractivity contribution in [1.82, 2.24) is 4.90 Å². The highest BCUT2D eigenvalue weighted by Crippen LogP contribution is 2.30. The third-order valence-corrected chi connectivity index (χ3v) is 3.20. The molecule has 0 N–H and O–H groups in total. The summed E-state index contributed by atoms with van der Waals surface area (Å²) in [6.07, 6.45) is 0. The zero-order valence-electron chi connectivity index (χ0n) is 8.72. The number of benzene rings is 1. The van der Waals surface area contributed by atoms with E-state index in [9.17, 15) is 0 Å². The molecule has 1 atom stereocenters. The predicted molar refractivity (Wildman–Crippen MR) is 68.9 cm³/mol. The Morgan fingerprint density at radius 1 is 1.36 bits per heavy atom. The highest BCUT2D eigenvalue weighted by Gasteiger charge is 2.07. The first-order valence-electron chi connectivity index (χ1n) is 4.58. The Kier molecular flexibility index (Phi) is 4.61. The molecule has 0 bridgehead atoms. The fourth-order valence-corrected chi connectivity index (χ4v) is 2.64. The van der Waals surface area contributed by atoms with Gasteiger partial charge >= 0.3 is 0 Å². The maximum absolute atomic E-state index is 3.59. The van der Waals surface area contributed by atoms with Crippen LogP contribution in [0.15, 0.2) is 22.7 Å². The summed E-state index contributed by atoms with van der Waals surface area (Å²) >= 11 is 7.14. The van der Waals surface area contributed by atoms with Crippen molar-refractivity contribution in [3.8, 4) is 0 Å². The fraction of sp³-hybridized carbons (Fsp3) is 0.455. The molecular formula is C11H15Br2N. The molecule has 1 nitrogen and oxygen atoms in total. The van der Waals surface area contributed by atoms with Crippen LogP contribution in [-0.4, -0.2) is 19.0 Å². The van der Waals surface area contributed by atoms with E-state index in [2.05, 4.69) is 76.0 Å². The Morgan fingerprint density at radius 3 is 2.50 bits per heavy atom. The summed E-state index contributed by atoms with van der Waals surface area (Å²) in [6, 6.07) is 6.51. The van der Waals surface area contributed by atoms with E-state index in [4.69, 9.17) is 0 Å². The molecule has 0 saturated heterocycles. The molecule has 1 rings (SSSR count). The van der Waals surface area contributed by atoms with Crippen LogP contribution in [0, 0.1) is 0 Å². The molecule has 0 saturated carbocycles. The van der Waals surface area contributed by atoms with Gasteiger partial charge in [0.1, 0.15) is 0 Å². The van der Waals surface area contributed by atoms with Gasteiger partial charge in [0.25, 0.3) is 0 Å². The molecule has 78 valence electrons. The van der Waals surface area contributed by atoms with Crippen LogP contribution in [0.5, 0.6) is 0 Å². The van der Waals surface area contributed by atoms with Crippen LogP contribution in [0.4, 0.5) is 0 Å². The first kappa shape index (κ1) is 12.2. The summed E-state index contributed by atoms with van der Waals surface area (Å²) in [5, 5.41) is 0. The summed E-state index contributed by atoms with van der Waals surface area (Å²) in [5.74, 6) is 0. The minimum absolute atomic E-state index is 0.388. The molecule has 1 unspecified atom stereocenters. The summed E-state index contributed by atoms with van der Waals surface area (Å²) in [5.41, 5.74) is 2.66. The smallest absolute Gasteiger partial charge is 0.0378 e. The number of hydrogen-bond acceptors (Lipinski definition) is 1. The second-order valence-corrected chi connectivity index (χ2v) is 5.94. The van der Waals surface area contributed by atoms with Crippen LogP contribution < -0.4 is 0 Å². The number of nitrogens with zero attached hydrogens (tertiary/aromatic N) is 1. The summed E-state index contributed by atoms with van der Waals surface area (Å²) in [4.78, 5) is 2.56. The maximum atomic E-state index is 3.59. The summed E-state index contributed by atoms with van der Waals surface area (Å²) < 4.78 is 1.17. The first-order valence-corrected chi connectivity index (χ1v) is 6.28. The predicted octanol–water partition coefficient (Wildman–Crippen LogP) is 3.97. The molecule has 0 spiro atoms. The van der Waals surface area contributed by atoms with Gasteiger partial charge in [-0.1, -0.05) is 44.0 Å². The monoisotopic (exact) mass is 319 g/mol. The SMILES string of the molecule is CC(Br)c1cc(CN(C)C)ccc1Br. The van der Waals surface area contributed by atoms with Crippen LogP contribution in [0.1, 0.15) is 22.9 Å². The zero-order chi connectivity index (χ0) is 10.7. The van der Waals surface area contributed by atoms with Crippen LogP contribution in [0.25, 0.3) is 0 Å². The zero-order valence-corrected chi connectivity index (χ0v) is 11.9. The van der Waals surface area contributed by atoms with Gasteiger partial charge in [-0.3, -0.25) is 0 Å². The number of alkyl halides is 1. The lowest BCUT2D eigenvalue weighted by atomic mass is 10.1. The van der Waals surface area contributed by atoms with E-state index in [1.165, 1.54) is 15.6 Å². The van der Waals surface area contributed by atoms with Crippen LogP contribution in [0.3, 0.4) is 0 Å². The lowest BCUT2D eigenvalue weighted by Gasteiger charge is -2.13. The van der Waals surface area contributed by atoms with E-state index >= 15 is 0 Å². The Morgan fingerprint density at radius 2 is 2.00 bits per heavy atom. The van der Waals surface area contributed by atoms with Gasteiger partial charge in [0.05, 0.1) is 0 Å². The number of halogens is 2. The van der Waals surface area contributed by atoms with Crippen molar-refractivity contribution >= 4 is 31.9 Å². The van der Waals surface area contributed by atoms with Gasteiger partial charge in [0.2, 0.25) is 0 Å². The van der Waals surface area contributed by atoms with E-state index < -0.39 is 0 Å². The molecule has 0 amide bonds. The van der Waals surface area contributed by atoms with E-state index in [0.29, 0.717) is 4.83 Å². The molecule has 0 aliphatic carbocycles. The van der Waals surface area contributed by atoms with Gasteiger partial charge in [-0.25, -0.2) is 0 Å². The molecular weight excluding hydrogens is 306 g/mol. The second-order valence-electron chi connectivity index (χ2n) is 3.71. The second kappa shape index (κ2) is 5.29. The minimum Gasteiger partial charge on any atom is -0.305 e. The molecule has 1 aromatic carbocycles. The van der Waals surface area contributed by atoms with Gasteiger partial charge in [-0.05, 0) is 38.2 Å². The van der Waals surface area contributed by atoms with Gasteiger partial charge < -0.3 is 4.90 Å². The van der Waals surface area contributed by atoms with Crippen molar-refractivity contribution < 1.29 is 0 Å². The maximum Gasteiger partial charge on any atom is 0.0378 e. The van der Waals surface area contributed by atoms with Crippen LogP contribution in [-0.2, 0) is 6.54 Å². The van der Waals surface area contributed by atoms with Crippen molar-refractivity contribution in [1.29, 1.82) is 0 Å². The summed E-state index contributed by atoms with van der Waals surface area (Å²) in [6.45, 7) is 3.12. The van der Waals surface area contributed by atoms with Gasteiger partial charge in [0.15, 0.2) is 0 Å². The Labute approximate surface area is 103 Å². The van der Waals surface area contributed by atoms with Crippen molar-refractivity contribution in [2.24, 2.45) is 0 Å².